The largest absolute Gasteiger partial charge is 0.457 e. The molecule has 0 aliphatic carbocycles. The highest BCUT2D eigenvalue weighted by atomic mass is 16.5. The Kier molecular flexibility index (Phi) is 6.01. The molecular weight excluding hydrogens is 438 g/mol. The van der Waals surface area contributed by atoms with Crippen molar-refractivity contribution < 1.29 is 9.53 Å². The minimum atomic E-state index is -0.253. The summed E-state index contributed by atoms with van der Waals surface area (Å²) in [6.07, 6.45) is 5.08. The van der Waals surface area contributed by atoms with Gasteiger partial charge in [0, 0.05) is 46.6 Å². The highest BCUT2D eigenvalue weighted by Gasteiger charge is 2.10. The van der Waals surface area contributed by atoms with Crippen LogP contribution in [0.5, 0.6) is 11.5 Å². The average molecular weight is 457 g/mol. The Hall–Kier alpha value is -5.22. The van der Waals surface area contributed by atoms with E-state index in [1.165, 1.54) is 0 Å². The molecule has 0 aliphatic rings. The molecule has 35 heavy (non-hydrogen) atoms. The molecule has 7 heteroatoms. The Morgan fingerprint density at radius 1 is 0.829 bits per heavy atom. The van der Waals surface area contributed by atoms with Gasteiger partial charge in [0.15, 0.2) is 0 Å². The van der Waals surface area contributed by atoms with Crippen molar-refractivity contribution in [3.8, 4) is 17.6 Å². The van der Waals surface area contributed by atoms with Crippen LogP contribution in [0, 0.1) is 11.3 Å². The molecule has 0 fully saturated rings. The van der Waals surface area contributed by atoms with Crippen LogP contribution in [0.25, 0.3) is 10.9 Å². The number of nitriles is 1. The summed E-state index contributed by atoms with van der Waals surface area (Å²) in [4.78, 5) is 21.2. The molecule has 1 amide bonds. The minimum Gasteiger partial charge on any atom is -0.457 e. The van der Waals surface area contributed by atoms with Crippen molar-refractivity contribution in [3.63, 3.8) is 0 Å². The molecule has 0 atom stereocenters. The quantitative estimate of drug-likeness (QED) is 0.311. The zero-order chi connectivity index (χ0) is 24.0. The number of rotatable bonds is 6. The second kappa shape index (κ2) is 9.73. The lowest BCUT2D eigenvalue weighted by Crippen LogP contribution is -2.11. The second-order valence-corrected chi connectivity index (χ2v) is 7.68. The summed E-state index contributed by atoms with van der Waals surface area (Å²) < 4.78 is 6.06. The number of nitrogens with one attached hydrogen (secondary N) is 2. The summed E-state index contributed by atoms with van der Waals surface area (Å²) in [6, 6.07) is 27.2. The van der Waals surface area contributed by atoms with E-state index in [9.17, 15) is 10.1 Å². The fourth-order valence-corrected chi connectivity index (χ4v) is 3.55. The van der Waals surface area contributed by atoms with Gasteiger partial charge in [-0.15, -0.1) is 0 Å². The van der Waals surface area contributed by atoms with E-state index in [-0.39, 0.29) is 5.91 Å². The van der Waals surface area contributed by atoms with Gasteiger partial charge in [0.2, 0.25) is 0 Å². The number of ether oxygens (including phenoxy) is 1. The third-order valence-corrected chi connectivity index (χ3v) is 5.27. The fraction of sp³-hybridized carbons (Fsp3) is 0. The van der Waals surface area contributed by atoms with Crippen LogP contribution in [-0.4, -0.2) is 15.9 Å². The fourth-order valence-electron chi connectivity index (χ4n) is 3.55. The number of aromatic nitrogens is 2. The van der Waals surface area contributed by atoms with Gasteiger partial charge in [0.1, 0.15) is 11.5 Å². The van der Waals surface area contributed by atoms with Gasteiger partial charge in [-0.2, -0.15) is 5.26 Å². The number of anilines is 3. The van der Waals surface area contributed by atoms with E-state index in [4.69, 9.17) is 4.74 Å². The van der Waals surface area contributed by atoms with Gasteiger partial charge in [-0.1, -0.05) is 6.07 Å². The number of nitrogens with zero attached hydrogens (tertiary/aromatic N) is 3. The molecule has 0 radical (unpaired) electrons. The third-order valence-electron chi connectivity index (χ3n) is 5.27. The van der Waals surface area contributed by atoms with Gasteiger partial charge in [-0.3, -0.25) is 14.8 Å². The predicted octanol–water partition coefficient (Wildman–Crippen LogP) is 6.29. The summed E-state index contributed by atoms with van der Waals surface area (Å²) >= 11 is 0. The maximum absolute atomic E-state index is 12.9. The van der Waals surface area contributed by atoms with Crippen molar-refractivity contribution in [2.45, 2.75) is 0 Å². The van der Waals surface area contributed by atoms with Crippen LogP contribution in [0.3, 0.4) is 0 Å². The number of carbonyl (C=O) groups is 1. The maximum atomic E-state index is 12.9. The molecule has 0 saturated heterocycles. The molecule has 2 N–H and O–H groups in total. The first kappa shape index (κ1) is 21.6. The van der Waals surface area contributed by atoms with Crippen LogP contribution >= 0.6 is 0 Å². The molecule has 0 bridgehead atoms. The number of carbonyl (C=O) groups excluding carboxylic acids is 1. The van der Waals surface area contributed by atoms with Crippen LogP contribution in [-0.2, 0) is 0 Å². The van der Waals surface area contributed by atoms with Crippen LogP contribution in [0.4, 0.5) is 17.1 Å². The van der Waals surface area contributed by atoms with E-state index in [0.717, 1.165) is 22.3 Å². The summed E-state index contributed by atoms with van der Waals surface area (Å²) in [5.41, 5.74) is 4.19. The number of hydrogen-bond donors (Lipinski definition) is 2. The molecular formula is C28H19N5O2. The monoisotopic (exact) mass is 457 g/mol. The van der Waals surface area contributed by atoms with E-state index < -0.39 is 0 Å². The minimum absolute atomic E-state index is 0.253. The van der Waals surface area contributed by atoms with Crippen LogP contribution in [0.15, 0.2) is 104 Å². The number of fused-ring (bicyclic) bond motifs is 1. The second-order valence-electron chi connectivity index (χ2n) is 7.68. The molecule has 0 spiro atoms. The molecule has 5 rings (SSSR count). The van der Waals surface area contributed by atoms with E-state index in [0.29, 0.717) is 28.3 Å². The van der Waals surface area contributed by atoms with Crippen molar-refractivity contribution in [1.82, 2.24) is 9.97 Å². The Labute approximate surface area is 201 Å². The molecule has 2 aromatic heterocycles. The molecule has 2 heterocycles. The topological polar surface area (TPSA) is 99.9 Å². The van der Waals surface area contributed by atoms with Gasteiger partial charge in [0.05, 0.1) is 17.1 Å². The van der Waals surface area contributed by atoms with Crippen molar-refractivity contribution in [3.05, 3.63) is 115 Å². The van der Waals surface area contributed by atoms with Gasteiger partial charge in [-0.25, -0.2) is 0 Å². The Balaban J connectivity index is 1.30. The van der Waals surface area contributed by atoms with Crippen LogP contribution in [0.2, 0.25) is 0 Å². The van der Waals surface area contributed by atoms with Gasteiger partial charge >= 0.3 is 0 Å². The SMILES string of the molecule is N#Cc1ccc2nccc(Oc3cccc(C(=O)Nc4ccc(Nc5ccncc5)cc4)c3)c2c1. The highest BCUT2D eigenvalue weighted by Crippen LogP contribution is 2.30. The van der Waals surface area contributed by atoms with Crippen molar-refractivity contribution in [2.24, 2.45) is 0 Å². The third kappa shape index (κ3) is 5.07. The highest BCUT2D eigenvalue weighted by molar-refractivity contribution is 6.04. The van der Waals surface area contributed by atoms with Gasteiger partial charge < -0.3 is 15.4 Å². The normalized spacial score (nSPS) is 10.4. The molecule has 5 aromatic rings. The molecule has 0 saturated carbocycles. The number of amides is 1. The molecule has 3 aromatic carbocycles. The summed E-state index contributed by atoms with van der Waals surface area (Å²) in [7, 11) is 0. The molecule has 0 unspecified atom stereocenters. The summed E-state index contributed by atoms with van der Waals surface area (Å²) in [6.45, 7) is 0. The molecule has 0 aliphatic heterocycles. The first-order valence-electron chi connectivity index (χ1n) is 10.8. The predicted molar refractivity (Wildman–Crippen MR) is 135 cm³/mol. The first-order chi connectivity index (χ1) is 17.2. The Morgan fingerprint density at radius 2 is 1.60 bits per heavy atom. The van der Waals surface area contributed by atoms with Crippen LogP contribution in [0.1, 0.15) is 15.9 Å². The van der Waals surface area contributed by atoms with E-state index >= 15 is 0 Å². The van der Waals surface area contributed by atoms with Crippen LogP contribution < -0.4 is 15.4 Å². The maximum Gasteiger partial charge on any atom is 0.255 e. The van der Waals surface area contributed by atoms with Crippen molar-refractivity contribution in [2.75, 3.05) is 10.6 Å². The Bertz CT molecular complexity index is 1540. The lowest BCUT2D eigenvalue weighted by Gasteiger charge is -2.11. The van der Waals surface area contributed by atoms with Crippen molar-refractivity contribution >= 4 is 33.9 Å². The number of hydrogen-bond acceptors (Lipinski definition) is 6. The van der Waals surface area contributed by atoms with Gasteiger partial charge in [0.25, 0.3) is 5.91 Å². The van der Waals surface area contributed by atoms with Gasteiger partial charge in [-0.05, 0) is 78.9 Å². The lowest BCUT2D eigenvalue weighted by molar-refractivity contribution is 0.102. The number of benzene rings is 3. The zero-order valence-electron chi connectivity index (χ0n) is 18.5. The summed E-state index contributed by atoms with van der Waals surface area (Å²) in [5, 5.41) is 16.1. The smallest absolute Gasteiger partial charge is 0.255 e. The Morgan fingerprint density at radius 3 is 2.40 bits per heavy atom. The standard InChI is InChI=1S/C28H19N5O2/c29-18-19-4-9-26-25(16-19)27(12-15-31-26)35-24-3-1-2-20(17-24)28(34)33-22-7-5-21(6-8-22)32-23-10-13-30-14-11-23/h1-17H,(H,30,32)(H,33,34). The first-order valence-corrected chi connectivity index (χ1v) is 10.8. The average Bonchev–Trinajstić information content (AvgIpc) is 2.90. The molecule has 168 valence electrons. The van der Waals surface area contributed by atoms with Crippen molar-refractivity contribution in [1.29, 1.82) is 5.26 Å². The summed E-state index contributed by atoms with van der Waals surface area (Å²) in [5.74, 6) is 0.808. The lowest BCUT2D eigenvalue weighted by atomic mass is 10.1. The van der Waals surface area contributed by atoms with E-state index in [2.05, 4.69) is 26.7 Å². The van der Waals surface area contributed by atoms with E-state index in [1.54, 1.807) is 67.1 Å². The molecule has 7 nitrogen and oxygen atoms in total. The number of pyridine rings is 2. The van der Waals surface area contributed by atoms with E-state index in [1.807, 2.05) is 36.4 Å². The zero-order valence-corrected chi connectivity index (χ0v) is 18.5.